The number of hydrogen-bond acceptors (Lipinski definition) is 2. The smallest absolute Gasteiger partial charge is 0.118 e. The largest absolute Gasteiger partial charge is 1.00 e. The summed E-state index contributed by atoms with van der Waals surface area (Å²) in [6, 6.07) is 41.0. The van der Waals surface area contributed by atoms with Crippen LogP contribution in [0.1, 0.15) is 11.4 Å². The van der Waals surface area contributed by atoms with Crippen LogP contribution in [-0.2, 0) is 6.16 Å². The van der Waals surface area contributed by atoms with Crippen molar-refractivity contribution < 1.29 is 17.0 Å². The van der Waals surface area contributed by atoms with E-state index in [-0.39, 0.29) is 17.0 Å². The first-order chi connectivity index (χ1) is 15.3. The Morgan fingerprint density at radius 2 is 0.906 bits per heavy atom. The fraction of sp³-hybridized carbons (Fsp3) is 0.0714. The minimum atomic E-state index is -1.98. The average Bonchev–Trinajstić information content (AvgIpc) is 2.84. The molecule has 0 bridgehead atoms. The highest BCUT2D eigenvalue weighted by molar-refractivity contribution is 7.95. The van der Waals surface area contributed by atoms with E-state index in [0.717, 1.165) is 28.6 Å². The first-order valence-corrected chi connectivity index (χ1v) is 12.5. The molecule has 0 N–H and O–H groups in total. The lowest BCUT2D eigenvalue weighted by molar-refractivity contribution is -0.00000623. The lowest BCUT2D eigenvalue weighted by Crippen LogP contribution is -3.00. The molecule has 5 rings (SSSR count). The van der Waals surface area contributed by atoms with E-state index in [4.69, 9.17) is 9.97 Å². The Morgan fingerprint density at radius 1 is 0.531 bits per heavy atom. The van der Waals surface area contributed by atoms with Gasteiger partial charge < -0.3 is 17.0 Å². The second-order valence-electron chi connectivity index (χ2n) is 7.72. The van der Waals surface area contributed by atoms with Gasteiger partial charge in [-0.2, -0.15) is 0 Å². The van der Waals surface area contributed by atoms with Crippen LogP contribution in [0.4, 0.5) is 0 Å². The topological polar surface area (TPSA) is 25.8 Å². The zero-order valence-corrected chi connectivity index (χ0v) is 20.4. The molecule has 32 heavy (non-hydrogen) atoms. The zero-order chi connectivity index (χ0) is 21.1. The van der Waals surface area contributed by atoms with Crippen LogP contribution in [0.5, 0.6) is 0 Å². The van der Waals surface area contributed by atoms with Crippen LogP contribution in [0.3, 0.4) is 0 Å². The summed E-state index contributed by atoms with van der Waals surface area (Å²) in [5.74, 6) is 0. The number of aryl methyl sites for hydroxylation is 1. The first-order valence-electron chi connectivity index (χ1n) is 10.5. The van der Waals surface area contributed by atoms with Crippen LogP contribution in [0.15, 0.2) is 115 Å². The van der Waals surface area contributed by atoms with Gasteiger partial charge in [-0.1, -0.05) is 66.7 Å². The molecular weight excluding hydrogens is 475 g/mol. The van der Waals surface area contributed by atoms with E-state index in [1.54, 1.807) is 0 Å². The molecule has 0 radical (unpaired) electrons. The van der Waals surface area contributed by atoms with Gasteiger partial charge in [0.15, 0.2) is 0 Å². The van der Waals surface area contributed by atoms with Gasteiger partial charge in [0.05, 0.1) is 16.7 Å². The predicted octanol–water partition coefficient (Wildman–Crippen LogP) is 2.44. The minimum absolute atomic E-state index is 0. The normalized spacial score (nSPS) is 11.2. The van der Waals surface area contributed by atoms with E-state index in [1.807, 2.05) is 18.2 Å². The molecule has 0 fully saturated rings. The van der Waals surface area contributed by atoms with Crippen LogP contribution in [0.2, 0.25) is 0 Å². The van der Waals surface area contributed by atoms with Gasteiger partial charge in [-0.15, -0.1) is 0 Å². The van der Waals surface area contributed by atoms with Crippen molar-refractivity contribution in [1.29, 1.82) is 0 Å². The van der Waals surface area contributed by atoms with Crippen molar-refractivity contribution in [3.05, 3.63) is 127 Å². The molecule has 1 aromatic heterocycles. The molecule has 4 aromatic carbocycles. The average molecular weight is 499 g/mol. The summed E-state index contributed by atoms with van der Waals surface area (Å²) in [7, 11) is -1.98. The first kappa shape index (κ1) is 22.3. The SMILES string of the molecule is Cc1nc2ccccc2nc1C[P+](c1ccccc1)(c1ccccc1)c1ccccc1.[Br-]. The maximum Gasteiger partial charge on any atom is 0.118 e. The highest BCUT2D eigenvalue weighted by Crippen LogP contribution is 2.58. The molecule has 0 amide bonds. The van der Waals surface area contributed by atoms with Gasteiger partial charge in [-0.3, -0.25) is 0 Å². The van der Waals surface area contributed by atoms with Crippen LogP contribution >= 0.6 is 7.26 Å². The third-order valence-electron chi connectivity index (χ3n) is 5.82. The van der Waals surface area contributed by atoms with E-state index in [1.165, 1.54) is 15.9 Å². The molecule has 0 spiro atoms. The Labute approximate surface area is 200 Å². The molecule has 5 aromatic rings. The third-order valence-corrected chi connectivity index (χ3v) is 10.1. The van der Waals surface area contributed by atoms with Crippen molar-refractivity contribution in [3.8, 4) is 0 Å². The Balaban J connectivity index is 0.00000245. The molecule has 0 unspecified atom stereocenters. The molecule has 4 heteroatoms. The second kappa shape index (κ2) is 9.73. The molecule has 2 nitrogen and oxygen atoms in total. The van der Waals surface area contributed by atoms with Gasteiger partial charge >= 0.3 is 0 Å². The summed E-state index contributed by atoms with van der Waals surface area (Å²) < 4.78 is 0. The Morgan fingerprint density at radius 3 is 1.34 bits per heavy atom. The molecule has 0 aliphatic rings. The van der Waals surface area contributed by atoms with Crippen molar-refractivity contribution in [2.75, 3.05) is 0 Å². The summed E-state index contributed by atoms with van der Waals surface area (Å²) in [5.41, 5.74) is 3.98. The summed E-state index contributed by atoms with van der Waals surface area (Å²) in [4.78, 5) is 10.00. The van der Waals surface area contributed by atoms with Gasteiger partial charge in [0.2, 0.25) is 0 Å². The lowest BCUT2D eigenvalue weighted by Gasteiger charge is -2.27. The van der Waals surface area contributed by atoms with Crippen molar-refractivity contribution in [2.45, 2.75) is 13.1 Å². The molecule has 0 saturated heterocycles. The van der Waals surface area contributed by atoms with E-state index in [9.17, 15) is 0 Å². The number of para-hydroxylation sites is 2. The second-order valence-corrected chi connectivity index (χ2v) is 11.2. The lowest BCUT2D eigenvalue weighted by atomic mass is 10.2. The molecule has 1 heterocycles. The minimum Gasteiger partial charge on any atom is -1.00 e. The summed E-state index contributed by atoms with van der Waals surface area (Å²) in [5, 5.41) is 4.09. The van der Waals surface area contributed by atoms with Crippen LogP contribution in [0, 0.1) is 6.92 Å². The Hall–Kier alpha value is -2.87. The fourth-order valence-electron chi connectivity index (χ4n) is 4.27. The molecular formula is C28H24BrN2P. The number of aromatic nitrogens is 2. The number of nitrogens with zero attached hydrogens (tertiary/aromatic N) is 2. The maximum atomic E-state index is 5.10. The highest BCUT2D eigenvalue weighted by atomic mass is 79.9. The van der Waals surface area contributed by atoms with E-state index in [0.29, 0.717) is 0 Å². The van der Waals surface area contributed by atoms with Gasteiger partial charge in [-0.25, -0.2) is 9.97 Å². The molecule has 0 aliphatic carbocycles. The Bertz CT molecular complexity index is 1210. The van der Waals surface area contributed by atoms with Crippen molar-refractivity contribution >= 4 is 34.2 Å². The van der Waals surface area contributed by atoms with Crippen molar-refractivity contribution in [1.82, 2.24) is 9.97 Å². The summed E-state index contributed by atoms with van der Waals surface area (Å²) >= 11 is 0. The van der Waals surface area contributed by atoms with E-state index >= 15 is 0 Å². The van der Waals surface area contributed by atoms with Crippen LogP contribution in [0.25, 0.3) is 11.0 Å². The third kappa shape index (κ3) is 4.11. The highest BCUT2D eigenvalue weighted by Gasteiger charge is 2.46. The van der Waals surface area contributed by atoms with Gasteiger partial charge in [0, 0.05) is 0 Å². The number of rotatable bonds is 5. The molecule has 0 atom stereocenters. The van der Waals surface area contributed by atoms with E-state index in [2.05, 4.69) is 104 Å². The summed E-state index contributed by atoms with van der Waals surface area (Å²) in [6.45, 7) is 2.09. The zero-order valence-electron chi connectivity index (χ0n) is 17.9. The van der Waals surface area contributed by atoms with Crippen molar-refractivity contribution in [2.24, 2.45) is 0 Å². The summed E-state index contributed by atoms with van der Waals surface area (Å²) in [6.07, 6.45) is 0.842. The number of hydrogen-bond donors (Lipinski definition) is 0. The van der Waals surface area contributed by atoms with Crippen LogP contribution in [-0.4, -0.2) is 9.97 Å². The standard InChI is InChI=1S/C28H24N2P.BrH/c1-22-28(30-27-20-12-11-19-26(27)29-22)21-31(23-13-5-2-6-14-23,24-15-7-3-8-16-24)25-17-9-4-10-18-25;/h2-20H,21H2,1H3;1H/q+1;/p-1. The predicted molar refractivity (Wildman–Crippen MR) is 133 cm³/mol. The van der Waals surface area contributed by atoms with Gasteiger partial charge in [0.25, 0.3) is 0 Å². The van der Waals surface area contributed by atoms with Gasteiger partial charge in [-0.05, 0) is 55.5 Å². The van der Waals surface area contributed by atoms with Crippen molar-refractivity contribution in [3.63, 3.8) is 0 Å². The molecule has 0 saturated carbocycles. The monoisotopic (exact) mass is 498 g/mol. The number of halogens is 1. The van der Waals surface area contributed by atoms with Crippen LogP contribution < -0.4 is 32.9 Å². The fourth-order valence-corrected chi connectivity index (χ4v) is 8.50. The maximum absolute atomic E-state index is 5.10. The molecule has 158 valence electrons. The quantitative estimate of drug-likeness (QED) is 0.348. The molecule has 0 aliphatic heterocycles. The Kier molecular flexibility index (Phi) is 6.79. The number of benzene rings is 4. The van der Waals surface area contributed by atoms with E-state index < -0.39 is 7.26 Å². The number of fused-ring (bicyclic) bond motifs is 1. The van der Waals surface area contributed by atoms with Gasteiger partial charge in [0.1, 0.15) is 35.0 Å².